The molecule has 0 aromatic rings. The number of thiocarbonyl (C=S) groups is 1. The fourth-order valence-electron chi connectivity index (χ4n) is 2.65. The molecule has 0 unspecified atom stereocenters. The molecule has 0 bridgehead atoms. The number of nitrogens with zero attached hydrogens (tertiary/aromatic N) is 1. The third-order valence-corrected chi connectivity index (χ3v) is 4.85. The molecule has 1 aliphatic carbocycles. The maximum absolute atomic E-state index is 12.7. The van der Waals surface area contributed by atoms with Crippen molar-refractivity contribution in [2.24, 2.45) is 17.1 Å². The summed E-state index contributed by atoms with van der Waals surface area (Å²) in [5.41, 5.74) is 5.22. The molecule has 0 aromatic heterocycles. The maximum atomic E-state index is 12.7. The highest BCUT2D eigenvalue weighted by molar-refractivity contribution is 7.80. The van der Waals surface area contributed by atoms with Gasteiger partial charge in [0.15, 0.2) is 0 Å². The summed E-state index contributed by atoms with van der Waals surface area (Å²) in [5, 5.41) is 0. The van der Waals surface area contributed by atoms with E-state index < -0.39 is 5.41 Å². The zero-order valence-electron chi connectivity index (χ0n) is 11.9. The Hall–Kier alpha value is -0.640. The van der Waals surface area contributed by atoms with Crippen molar-refractivity contribution < 1.29 is 4.79 Å². The topological polar surface area (TPSA) is 46.3 Å². The van der Waals surface area contributed by atoms with E-state index in [1.165, 1.54) is 19.3 Å². The molecule has 0 aromatic carbocycles. The standard InChI is InChI=1S/C14H26N2OS/c1-4-14(5-2,12(15)18)13(17)16(6-3)10-11-8-7-9-11/h11H,4-10H2,1-3H3,(H2,15,18). The van der Waals surface area contributed by atoms with Gasteiger partial charge in [-0.1, -0.05) is 32.5 Å². The summed E-state index contributed by atoms with van der Waals surface area (Å²) in [5.74, 6) is 0.820. The zero-order valence-corrected chi connectivity index (χ0v) is 12.7. The first-order valence-corrected chi connectivity index (χ1v) is 7.51. The van der Waals surface area contributed by atoms with Gasteiger partial charge in [0.1, 0.15) is 0 Å². The Morgan fingerprint density at radius 2 is 1.89 bits per heavy atom. The zero-order chi connectivity index (χ0) is 13.8. The molecule has 1 saturated carbocycles. The van der Waals surface area contributed by atoms with E-state index in [2.05, 4.69) is 0 Å². The quantitative estimate of drug-likeness (QED) is 0.724. The van der Waals surface area contributed by atoms with Crippen LogP contribution < -0.4 is 5.73 Å². The second kappa shape index (κ2) is 6.50. The van der Waals surface area contributed by atoms with Crippen molar-refractivity contribution in [2.75, 3.05) is 13.1 Å². The van der Waals surface area contributed by atoms with E-state index >= 15 is 0 Å². The molecule has 0 radical (unpaired) electrons. The Kier molecular flexibility index (Phi) is 5.57. The molecule has 4 heteroatoms. The molecule has 0 aliphatic heterocycles. The van der Waals surface area contributed by atoms with Gasteiger partial charge in [-0.05, 0) is 38.5 Å². The van der Waals surface area contributed by atoms with Gasteiger partial charge in [-0.15, -0.1) is 0 Å². The van der Waals surface area contributed by atoms with Crippen LogP contribution in [0.2, 0.25) is 0 Å². The molecule has 104 valence electrons. The van der Waals surface area contributed by atoms with E-state index in [1.807, 2.05) is 25.7 Å². The molecule has 1 rings (SSSR count). The van der Waals surface area contributed by atoms with Gasteiger partial charge < -0.3 is 10.6 Å². The molecular weight excluding hydrogens is 244 g/mol. The van der Waals surface area contributed by atoms with E-state index in [4.69, 9.17) is 18.0 Å². The number of nitrogens with two attached hydrogens (primary N) is 1. The molecule has 1 aliphatic rings. The van der Waals surface area contributed by atoms with Crippen molar-refractivity contribution in [3.63, 3.8) is 0 Å². The highest BCUT2D eigenvalue weighted by Gasteiger charge is 2.41. The van der Waals surface area contributed by atoms with Crippen molar-refractivity contribution in [3.05, 3.63) is 0 Å². The summed E-state index contributed by atoms with van der Waals surface area (Å²) in [7, 11) is 0. The van der Waals surface area contributed by atoms with Crippen LogP contribution in [0.4, 0.5) is 0 Å². The number of carbonyl (C=O) groups is 1. The Bertz CT molecular complexity index is 309. The predicted octanol–water partition coefficient (Wildman–Crippen LogP) is 2.73. The van der Waals surface area contributed by atoms with Crippen molar-refractivity contribution in [3.8, 4) is 0 Å². The van der Waals surface area contributed by atoms with Gasteiger partial charge >= 0.3 is 0 Å². The van der Waals surface area contributed by atoms with Gasteiger partial charge in [-0.3, -0.25) is 4.79 Å². The van der Waals surface area contributed by atoms with Crippen LogP contribution in [0.1, 0.15) is 52.9 Å². The van der Waals surface area contributed by atoms with Gasteiger partial charge in [0.25, 0.3) is 0 Å². The van der Waals surface area contributed by atoms with Gasteiger partial charge in [-0.25, -0.2) is 0 Å². The summed E-state index contributed by atoms with van der Waals surface area (Å²) < 4.78 is 0. The molecule has 2 N–H and O–H groups in total. The SMILES string of the molecule is CCN(CC1CCC1)C(=O)C(CC)(CC)C(N)=S. The third kappa shape index (κ3) is 2.85. The smallest absolute Gasteiger partial charge is 0.235 e. The van der Waals surface area contributed by atoms with Gasteiger partial charge in [-0.2, -0.15) is 0 Å². The summed E-state index contributed by atoms with van der Waals surface area (Å²) in [4.78, 5) is 15.0. The number of amides is 1. The second-order valence-electron chi connectivity index (χ2n) is 5.29. The predicted molar refractivity (Wildman–Crippen MR) is 79.4 cm³/mol. The van der Waals surface area contributed by atoms with Gasteiger partial charge in [0, 0.05) is 13.1 Å². The minimum Gasteiger partial charge on any atom is -0.392 e. The normalized spacial score (nSPS) is 16.2. The van der Waals surface area contributed by atoms with E-state index in [9.17, 15) is 4.79 Å². The summed E-state index contributed by atoms with van der Waals surface area (Å²) in [6.07, 6.45) is 5.19. The molecular formula is C14H26N2OS. The Morgan fingerprint density at radius 1 is 1.33 bits per heavy atom. The summed E-state index contributed by atoms with van der Waals surface area (Å²) in [6.45, 7) is 7.65. The largest absolute Gasteiger partial charge is 0.392 e. The van der Waals surface area contributed by atoms with E-state index in [-0.39, 0.29) is 5.91 Å². The van der Waals surface area contributed by atoms with Crippen LogP contribution in [0.25, 0.3) is 0 Å². The van der Waals surface area contributed by atoms with Crippen molar-refractivity contribution in [2.45, 2.75) is 52.9 Å². The number of carbonyl (C=O) groups excluding carboxylic acids is 1. The number of rotatable bonds is 7. The van der Waals surface area contributed by atoms with Crippen molar-refractivity contribution in [1.29, 1.82) is 0 Å². The molecule has 0 saturated heterocycles. The lowest BCUT2D eigenvalue weighted by Crippen LogP contribution is -2.51. The van der Waals surface area contributed by atoms with Crippen LogP contribution >= 0.6 is 12.2 Å². The molecule has 3 nitrogen and oxygen atoms in total. The van der Waals surface area contributed by atoms with Gasteiger partial charge in [0.05, 0.1) is 10.4 Å². The van der Waals surface area contributed by atoms with Crippen LogP contribution in [-0.4, -0.2) is 28.9 Å². The van der Waals surface area contributed by atoms with E-state index in [0.29, 0.717) is 23.7 Å². The lowest BCUT2D eigenvalue weighted by molar-refractivity contribution is -0.139. The molecule has 0 spiro atoms. The first kappa shape index (κ1) is 15.4. The molecule has 0 heterocycles. The van der Waals surface area contributed by atoms with Crippen LogP contribution in [0.3, 0.4) is 0 Å². The minimum atomic E-state index is -0.630. The first-order chi connectivity index (χ1) is 8.51. The van der Waals surface area contributed by atoms with Crippen LogP contribution in [0, 0.1) is 11.3 Å². The highest BCUT2D eigenvalue weighted by atomic mass is 32.1. The Balaban J connectivity index is 2.81. The molecule has 1 amide bonds. The summed E-state index contributed by atoms with van der Waals surface area (Å²) >= 11 is 5.16. The van der Waals surface area contributed by atoms with Crippen molar-refractivity contribution in [1.82, 2.24) is 4.90 Å². The molecule has 18 heavy (non-hydrogen) atoms. The first-order valence-electron chi connectivity index (χ1n) is 7.11. The monoisotopic (exact) mass is 270 g/mol. The van der Waals surface area contributed by atoms with Crippen LogP contribution in [-0.2, 0) is 4.79 Å². The summed E-state index contributed by atoms with van der Waals surface area (Å²) in [6, 6.07) is 0. The average Bonchev–Trinajstić information content (AvgIpc) is 2.29. The molecule has 0 atom stereocenters. The van der Waals surface area contributed by atoms with Gasteiger partial charge in [0.2, 0.25) is 5.91 Å². The second-order valence-corrected chi connectivity index (χ2v) is 5.73. The number of hydrogen-bond donors (Lipinski definition) is 1. The fraction of sp³-hybridized carbons (Fsp3) is 0.857. The lowest BCUT2D eigenvalue weighted by atomic mass is 9.79. The van der Waals surface area contributed by atoms with Crippen LogP contribution in [0.5, 0.6) is 0 Å². The number of hydrogen-bond acceptors (Lipinski definition) is 2. The van der Waals surface area contributed by atoms with Crippen LogP contribution in [0.15, 0.2) is 0 Å². The van der Waals surface area contributed by atoms with E-state index in [0.717, 1.165) is 13.1 Å². The Morgan fingerprint density at radius 3 is 2.17 bits per heavy atom. The fourth-order valence-corrected chi connectivity index (χ4v) is 3.03. The minimum absolute atomic E-state index is 0.134. The maximum Gasteiger partial charge on any atom is 0.235 e. The third-order valence-electron chi connectivity index (χ3n) is 4.46. The van der Waals surface area contributed by atoms with Crippen molar-refractivity contribution >= 4 is 23.1 Å². The molecule has 1 fully saturated rings. The highest BCUT2D eigenvalue weighted by Crippen LogP contribution is 2.32. The lowest BCUT2D eigenvalue weighted by Gasteiger charge is -2.38. The Labute approximate surface area is 116 Å². The average molecular weight is 270 g/mol. The van der Waals surface area contributed by atoms with E-state index in [1.54, 1.807) is 0 Å².